The number of methoxy groups -OCH3 is 1. The highest BCUT2D eigenvalue weighted by molar-refractivity contribution is 9.25. The number of halogens is 2. The highest BCUT2D eigenvalue weighted by Crippen LogP contribution is 2.22. The van der Waals surface area contributed by atoms with Crippen LogP contribution in [0.4, 0.5) is 0 Å². The van der Waals surface area contributed by atoms with Crippen LogP contribution in [-0.4, -0.2) is 16.6 Å². The maximum absolute atomic E-state index is 11.6. The molecule has 0 spiro atoms. The summed E-state index contributed by atoms with van der Waals surface area (Å²) >= 11 is 6.35. The minimum Gasteiger partial charge on any atom is -0.496 e. The number of hydrogen-bond donors (Lipinski definition) is 0. The van der Waals surface area contributed by atoms with Crippen molar-refractivity contribution in [2.45, 2.75) is 10.7 Å². The third kappa shape index (κ3) is 2.58. The van der Waals surface area contributed by atoms with E-state index in [-0.39, 0.29) is 9.52 Å². The van der Waals surface area contributed by atoms with Crippen molar-refractivity contribution in [3.8, 4) is 5.75 Å². The minimum absolute atomic E-state index is 0.00996. The Kier molecular flexibility index (Phi) is 4.13. The lowest BCUT2D eigenvalue weighted by molar-refractivity contribution is 0.101. The Labute approximate surface area is 99.9 Å². The summed E-state index contributed by atoms with van der Waals surface area (Å²) < 4.78 is 4.77. The molecule has 1 aromatic carbocycles. The average Bonchev–Trinajstić information content (AvgIpc) is 2.16. The van der Waals surface area contributed by atoms with Crippen LogP contribution in [0.1, 0.15) is 15.9 Å². The van der Waals surface area contributed by atoms with Gasteiger partial charge in [-0.1, -0.05) is 31.9 Å². The van der Waals surface area contributed by atoms with Crippen molar-refractivity contribution >= 4 is 37.6 Å². The van der Waals surface area contributed by atoms with Crippen molar-refractivity contribution in [3.63, 3.8) is 0 Å². The summed E-state index contributed by atoms with van der Waals surface area (Å²) in [5.74, 6) is 0.804. The van der Waals surface area contributed by atoms with Gasteiger partial charge < -0.3 is 4.74 Å². The van der Waals surface area contributed by atoms with Crippen LogP contribution >= 0.6 is 31.9 Å². The summed E-state index contributed by atoms with van der Waals surface area (Å²) in [6, 6.07) is 5.37. The molecule has 1 aromatic rings. The van der Waals surface area contributed by atoms with Crippen LogP contribution in [0.2, 0.25) is 0 Å². The number of aryl methyl sites for hydroxylation is 1. The zero-order valence-electron chi connectivity index (χ0n) is 7.88. The molecule has 0 saturated carbocycles. The van der Waals surface area contributed by atoms with E-state index in [4.69, 9.17) is 4.74 Å². The first-order valence-corrected chi connectivity index (χ1v) is 5.86. The van der Waals surface area contributed by atoms with E-state index in [1.54, 1.807) is 19.2 Å². The van der Waals surface area contributed by atoms with E-state index in [1.165, 1.54) is 0 Å². The molecule has 14 heavy (non-hydrogen) atoms. The maximum atomic E-state index is 11.6. The van der Waals surface area contributed by atoms with Gasteiger partial charge in [-0.05, 0) is 30.7 Å². The fourth-order valence-electron chi connectivity index (χ4n) is 1.16. The van der Waals surface area contributed by atoms with E-state index in [1.807, 2.05) is 13.0 Å². The molecule has 4 heteroatoms. The van der Waals surface area contributed by atoms with Crippen LogP contribution in [0.3, 0.4) is 0 Å². The molecule has 1 rings (SSSR count). The Morgan fingerprint density at radius 2 is 2.07 bits per heavy atom. The maximum Gasteiger partial charge on any atom is 0.187 e. The van der Waals surface area contributed by atoms with Crippen LogP contribution in [0.5, 0.6) is 5.75 Å². The molecule has 0 N–H and O–H groups in total. The number of Topliss-reactive ketones (excluding diaryl/α,β-unsaturated/α-hetero) is 1. The standard InChI is InChI=1S/C10H10Br2O2/c1-6-5-7(9(13)10(11)12)3-4-8(6)14-2/h3-5,10H,1-2H3. The summed E-state index contributed by atoms with van der Waals surface area (Å²) in [5.41, 5.74) is 1.63. The van der Waals surface area contributed by atoms with Crippen molar-refractivity contribution < 1.29 is 9.53 Å². The van der Waals surface area contributed by atoms with E-state index in [0.717, 1.165) is 11.3 Å². The van der Waals surface area contributed by atoms with E-state index in [0.29, 0.717) is 5.56 Å². The first kappa shape index (κ1) is 11.7. The van der Waals surface area contributed by atoms with Gasteiger partial charge in [0, 0.05) is 5.56 Å². The van der Waals surface area contributed by atoms with E-state index in [2.05, 4.69) is 31.9 Å². The van der Waals surface area contributed by atoms with Gasteiger partial charge in [-0.3, -0.25) is 4.79 Å². The molecule has 0 radical (unpaired) electrons. The van der Waals surface area contributed by atoms with Gasteiger partial charge in [0.15, 0.2) is 5.78 Å². The van der Waals surface area contributed by atoms with Crippen molar-refractivity contribution in [1.82, 2.24) is 0 Å². The van der Waals surface area contributed by atoms with Crippen molar-refractivity contribution in [3.05, 3.63) is 29.3 Å². The number of hydrogen-bond acceptors (Lipinski definition) is 2. The Bertz CT molecular complexity index is 348. The van der Waals surface area contributed by atoms with E-state index >= 15 is 0 Å². The van der Waals surface area contributed by atoms with Gasteiger partial charge in [-0.2, -0.15) is 0 Å². The summed E-state index contributed by atoms with van der Waals surface area (Å²) in [4.78, 5) is 11.6. The van der Waals surface area contributed by atoms with E-state index < -0.39 is 0 Å². The third-order valence-electron chi connectivity index (χ3n) is 1.88. The lowest BCUT2D eigenvalue weighted by Gasteiger charge is -2.07. The van der Waals surface area contributed by atoms with Crippen LogP contribution in [0.15, 0.2) is 18.2 Å². The Hall–Kier alpha value is -0.350. The lowest BCUT2D eigenvalue weighted by atomic mass is 10.1. The number of alkyl halides is 2. The highest BCUT2D eigenvalue weighted by Gasteiger charge is 2.14. The molecule has 0 aliphatic heterocycles. The first-order valence-electron chi connectivity index (χ1n) is 4.03. The van der Waals surface area contributed by atoms with Crippen molar-refractivity contribution in [2.75, 3.05) is 7.11 Å². The van der Waals surface area contributed by atoms with Gasteiger partial charge in [0.25, 0.3) is 0 Å². The number of ketones is 1. The number of carbonyl (C=O) groups is 1. The predicted molar refractivity (Wildman–Crippen MR) is 63.7 cm³/mol. The average molecular weight is 322 g/mol. The topological polar surface area (TPSA) is 26.3 Å². The second-order valence-electron chi connectivity index (χ2n) is 2.85. The molecule has 2 nitrogen and oxygen atoms in total. The van der Waals surface area contributed by atoms with Gasteiger partial charge >= 0.3 is 0 Å². The Balaban J connectivity index is 3.03. The van der Waals surface area contributed by atoms with Crippen molar-refractivity contribution in [2.24, 2.45) is 0 Å². The summed E-state index contributed by atoms with van der Waals surface area (Å²) in [7, 11) is 1.61. The lowest BCUT2D eigenvalue weighted by Crippen LogP contribution is -2.07. The quantitative estimate of drug-likeness (QED) is 0.630. The zero-order valence-corrected chi connectivity index (χ0v) is 11.1. The number of rotatable bonds is 3. The zero-order chi connectivity index (χ0) is 10.7. The smallest absolute Gasteiger partial charge is 0.187 e. The number of carbonyl (C=O) groups excluding carboxylic acids is 1. The van der Waals surface area contributed by atoms with E-state index in [9.17, 15) is 4.79 Å². The molecule has 0 heterocycles. The molecule has 0 amide bonds. The molecule has 0 fully saturated rings. The summed E-state index contributed by atoms with van der Waals surface area (Å²) in [5, 5.41) is 0. The second-order valence-corrected chi connectivity index (χ2v) is 5.91. The monoisotopic (exact) mass is 320 g/mol. The molecular formula is C10H10Br2O2. The predicted octanol–water partition coefficient (Wildman–Crippen LogP) is 3.30. The van der Waals surface area contributed by atoms with Crippen LogP contribution in [-0.2, 0) is 0 Å². The van der Waals surface area contributed by atoms with Crippen LogP contribution in [0.25, 0.3) is 0 Å². The number of benzene rings is 1. The largest absolute Gasteiger partial charge is 0.496 e. The molecule has 0 aromatic heterocycles. The SMILES string of the molecule is COc1ccc(C(=O)C(Br)Br)cc1C. The van der Waals surface area contributed by atoms with Gasteiger partial charge in [0.05, 0.1) is 7.11 Å². The fourth-order valence-corrected chi connectivity index (χ4v) is 1.69. The minimum atomic E-state index is -0.331. The van der Waals surface area contributed by atoms with Gasteiger partial charge in [-0.25, -0.2) is 0 Å². The Morgan fingerprint density at radius 3 is 2.50 bits per heavy atom. The molecule has 0 saturated heterocycles. The highest BCUT2D eigenvalue weighted by atomic mass is 79.9. The molecule has 0 aliphatic rings. The Morgan fingerprint density at radius 1 is 1.43 bits per heavy atom. The van der Waals surface area contributed by atoms with Crippen LogP contribution in [0, 0.1) is 6.92 Å². The normalized spacial score (nSPS) is 10.4. The molecule has 0 unspecified atom stereocenters. The summed E-state index contributed by atoms with van der Waals surface area (Å²) in [6.45, 7) is 1.91. The van der Waals surface area contributed by atoms with Gasteiger partial charge in [0.1, 0.15) is 9.49 Å². The molecule has 76 valence electrons. The fraction of sp³-hybridized carbons (Fsp3) is 0.300. The first-order chi connectivity index (χ1) is 6.56. The van der Waals surface area contributed by atoms with Gasteiger partial charge in [0.2, 0.25) is 0 Å². The third-order valence-corrected chi connectivity index (χ3v) is 2.71. The summed E-state index contributed by atoms with van der Waals surface area (Å²) in [6.07, 6.45) is 0. The van der Waals surface area contributed by atoms with Crippen molar-refractivity contribution in [1.29, 1.82) is 0 Å². The second kappa shape index (κ2) is 4.94. The van der Waals surface area contributed by atoms with Gasteiger partial charge in [-0.15, -0.1) is 0 Å². The number of ether oxygens (including phenoxy) is 1. The molecule has 0 aliphatic carbocycles. The molecular weight excluding hydrogens is 312 g/mol. The van der Waals surface area contributed by atoms with Crippen LogP contribution < -0.4 is 4.74 Å². The molecule has 0 bridgehead atoms. The molecule has 0 atom stereocenters.